The summed E-state index contributed by atoms with van der Waals surface area (Å²) in [6, 6.07) is 16.7. The lowest BCUT2D eigenvalue weighted by molar-refractivity contribution is -0.118. The summed E-state index contributed by atoms with van der Waals surface area (Å²) in [5.41, 5.74) is 2.27. The number of nitrogens with one attached hydrogen (secondary N) is 1. The molecule has 0 saturated heterocycles. The van der Waals surface area contributed by atoms with Gasteiger partial charge in [0.25, 0.3) is 11.6 Å². The molecule has 4 rings (SSSR count). The van der Waals surface area contributed by atoms with Crippen LogP contribution in [0.1, 0.15) is 12.7 Å². The molecule has 0 aliphatic heterocycles. The second kappa shape index (κ2) is 8.60. The van der Waals surface area contributed by atoms with Crippen LogP contribution < -0.4 is 14.8 Å². The number of para-hydroxylation sites is 2. The topological polar surface area (TPSA) is 99.4 Å². The molecule has 0 atom stereocenters. The van der Waals surface area contributed by atoms with Crippen LogP contribution in [0.25, 0.3) is 22.4 Å². The minimum atomic E-state index is -0.343. The van der Waals surface area contributed by atoms with Crippen LogP contribution in [-0.4, -0.2) is 34.2 Å². The molecule has 0 bridgehead atoms. The zero-order valence-corrected chi connectivity index (χ0v) is 16.6. The summed E-state index contributed by atoms with van der Waals surface area (Å²) in [6.45, 7) is 3.85. The second-order valence-corrected chi connectivity index (χ2v) is 6.42. The number of aromatic nitrogens is 3. The number of anilines is 1. The van der Waals surface area contributed by atoms with E-state index in [4.69, 9.17) is 14.0 Å². The summed E-state index contributed by atoms with van der Waals surface area (Å²) in [4.78, 5) is 21.1. The lowest BCUT2D eigenvalue weighted by Gasteiger charge is -2.12. The van der Waals surface area contributed by atoms with Gasteiger partial charge in [0.2, 0.25) is 5.88 Å². The number of nitrogens with zero attached hydrogens (tertiary/aromatic N) is 3. The van der Waals surface area contributed by atoms with E-state index < -0.39 is 0 Å². The SMILES string of the molecule is CCOc1ccccc1NC(=O)COc1nc(C)nc2onc(-c3ccccc3)c12. The molecule has 0 unspecified atom stereocenters. The summed E-state index contributed by atoms with van der Waals surface area (Å²) >= 11 is 0. The fourth-order valence-electron chi connectivity index (χ4n) is 2.99. The predicted octanol–water partition coefficient (Wildman–Crippen LogP) is 4.01. The highest BCUT2D eigenvalue weighted by molar-refractivity contribution is 5.95. The lowest BCUT2D eigenvalue weighted by Crippen LogP contribution is -2.21. The zero-order chi connectivity index (χ0) is 20.9. The van der Waals surface area contributed by atoms with Gasteiger partial charge in [-0.15, -0.1) is 0 Å². The molecular weight excluding hydrogens is 384 g/mol. The molecule has 2 aromatic heterocycles. The number of rotatable bonds is 7. The van der Waals surface area contributed by atoms with E-state index in [9.17, 15) is 4.79 Å². The molecule has 8 nitrogen and oxygen atoms in total. The number of hydrogen-bond donors (Lipinski definition) is 1. The number of fused-ring (bicyclic) bond motifs is 1. The Morgan fingerprint density at radius 1 is 1.03 bits per heavy atom. The van der Waals surface area contributed by atoms with Gasteiger partial charge in [-0.3, -0.25) is 4.79 Å². The third kappa shape index (κ3) is 4.07. The van der Waals surface area contributed by atoms with Crippen LogP contribution in [0.3, 0.4) is 0 Å². The highest BCUT2D eigenvalue weighted by Crippen LogP contribution is 2.33. The van der Waals surface area contributed by atoms with Crippen molar-refractivity contribution in [1.82, 2.24) is 15.1 Å². The first-order valence-electron chi connectivity index (χ1n) is 9.49. The summed E-state index contributed by atoms with van der Waals surface area (Å²) < 4.78 is 16.7. The fourth-order valence-corrected chi connectivity index (χ4v) is 2.99. The van der Waals surface area contributed by atoms with E-state index >= 15 is 0 Å². The number of carbonyl (C=O) groups is 1. The number of benzene rings is 2. The smallest absolute Gasteiger partial charge is 0.265 e. The van der Waals surface area contributed by atoms with E-state index in [2.05, 4.69) is 20.4 Å². The van der Waals surface area contributed by atoms with Gasteiger partial charge in [0, 0.05) is 5.56 Å². The maximum atomic E-state index is 12.5. The van der Waals surface area contributed by atoms with E-state index in [-0.39, 0.29) is 18.4 Å². The first-order chi connectivity index (χ1) is 14.7. The molecule has 8 heteroatoms. The number of hydrogen-bond acceptors (Lipinski definition) is 7. The number of amides is 1. The Hall–Kier alpha value is -3.94. The first-order valence-corrected chi connectivity index (χ1v) is 9.49. The van der Waals surface area contributed by atoms with Gasteiger partial charge >= 0.3 is 0 Å². The summed E-state index contributed by atoms with van der Waals surface area (Å²) in [5, 5.41) is 7.44. The standard InChI is InChI=1S/C22H20N4O4/c1-3-28-17-12-8-7-11-16(17)25-18(27)13-29-21-19-20(15-9-5-4-6-10-15)26-30-22(19)24-14(2)23-21/h4-12H,3,13H2,1-2H3,(H,25,27). The monoisotopic (exact) mass is 404 g/mol. The number of ether oxygens (including phenoxy) is 2. The highest BCUT2D eigenvalue weighted by Gasteiger charge is 2.20. The van der Waals surface area contributed by atoms with Crippen LogP contribution in [0.2, 0.25) is 0 Å². The normalized spacial score (nSPS) is 10.7. The van der Waals surface area contributed by atoms with Crippen LogP contribution in [0.5, 0.6) is 11.6 Å². The van der Waals surface area contributed by atoms with Crippen molar-refractivity contribution in [3.05, 3.63) is 60.4 Å². The highest BCUT2D eigenvalue weighted by atomic mass is 16.5. The Kier molecular flexibility index (Phi) is 5.56. The molecule has 0 spiro atoms. The van der Waals surface area contributed by atoms with Gasteiger partial charge in [0.05, 0.1) is 12.3 Å². The average molecular weight is 404 g/mol. The van der Waals surface area contributed by atoms with Gasteiger partial charge in [-0.2, -0.15) is 9.97 Å². The van der Waals surface area contributed by atoms with Crippen molar-refractivity contribution in [2.45, 2.75) is 13.8 Å². The van der Waals surface area contributed by atoms with Crippen molar-refractivity contribution in [3.63, 3.8) is 0 Å². The van der Waals surface area contributed by atoms with Crippen LogP contribution in [0, 0.1) is 6.92 Å². The molecule has 2 heterocycles. The Morgan fingerprint density at radius 3 is 2.60 bits per heavy atom. The van der Waals surface area contributed by atoms with Gasteiger partial charge in [-0.25, -0.2) is 0 Å². The molecule has 152 valence electrons. The third-order valence-electron chi connectivity index (χ3n) is 4.26. The molecule has 30 heavy (non-hydrogen) atoms. The molecule has 1 amide bonds. The fraction of sp³-hybridized carbons (Fsp3) is 0.182. The Balaban J connectivity index is 1.57. The second-order valence-electron chi connectivity index (χ2n) is 6.42. The van der Waals surface area contributed by atoms with Gasteiger partial charge in [0.15, 0.2) is 6.61 Å². The van der Waals surface area contributed by atoms with Gasteiger partial charge in [-0.05, 0) is 26.0 Å². The minimum Gasteiger partial charge on any atom is -0.492 e. The van der Waals surface area contributed by atoms with Gasteiger partial charge in [0.1, 0.15) is 22.7 Å². The van der Waals surface area contributed by atoms with E-state index in [1.54, 1.807) is 19.1 Å². The largest absolute Gasteiger partial charge is 0.492 e. The molecule has 0 aliphatic carbocycles. The molecule has 0 radical (unpaired) electrons. The van der Waals surface area contributed by atoms with Crippen LogP contribution in [0.4, 0.5) is 5.69 Å². The van der Waals surface area contributed by atoms with Crippen molar-refractivity contribution in [1.29, 1.82) is 0 Å². The summed E-state index contributed by atoms with van der Waals surface area (Å²) in [6.07, 6.45) is 0. The van der Waals surface area contributed by atoms with Crippen molar-refractivity contribution in [2.24, 2.45) is 0 Å². The minimum absolute atomic E-state index is 0.242. The van der Waals surface area contributed by atoms with E-state index in [1.165, 1.54) is 0 Å². The molecule has 4 aromatic rings. The molecular formula is C22H20N4O4. The Bertz CT molecular complexity index is 1170. The molecule has 0 fully saturated rings. The zero-order valence-electron chi connectivity index (χ0n) is 16.6. The number of aryl methyl sites for hydroxylation is 1. The van der Waals surface area contributed by atoms with Crippen molar-refractivity contribution >= 4 is 22.7 Å². The van der Waals surface area contributed by atoms with E-state index in [1.807, 2.05) is 49.4 Å². The summed E-state index contributed by atoms with van der Waals surface area (Å²) in [7, 11) is 0. The van der Waals surface area contributed by atoms with Crippen LogP contribution in [-0.2, 0) is 4.79 Å². The van der Waals surface area contributed by atoms with Gasteiger partial charge < -0.3 is 19.3 Å². The van der Waals surface area contributed by atoms with E-state index in [0.29, 0.717) is 40.7 Å². The maximum Gasteiger partial charge on any atom is 0.265 e. The average Bonchev–Trinajstić information content (AvgIpc) is 3.18. The van der Waals surface area contributed by atoms with Crippen LogP contribution >= 0.6 is 0 Å². The molecule has 2 aromatic carbocycles. The summed E-state index contributed by atoms with van der Waals surface area (Å²) in [5.74, 6) is 0.949. The van der Waals surface area contributed by atoms with Crippen molar-refractivity contribution < 1.29 is 18.8 Å². The lowest BCUT2D eigenvalue weighted by atomic mass is 10.1. The predicted molar refractivity (Wildman–Crippen MR) is 112 cm³/mol. The van der Waals surface area contributed by atoms with E-state index in [0.717, 1.165) is 5.56 Å². The first kappa shape index (κ1) is 19.4. The maximum absolute atomic E-state index is 12.5. The molecule has 0 saturated carbocycles. The molecule has 1 N–H and O–H groups in total. The van der Waals surface area contributed by atoms with Crippen molar-refractivity contribution in [2.75, 3.05) is 18.5 Å². The Labute approximate surface area is 172 Å². The number of carbonyl (C=O) groups excluding carboxylic acids is 1. The van der Waals surface area contributed by atoms with Crippen molar-refractivity contribution in [3.8, 4) is 22.9 Å². The van der Waals surface area contributed by atoms with Crippen LogP contribution in [0.15, 0.2) is 59.1 Å². The van der Waals surface area contributed by atoms with Gasteiger partial charge in [-0.1, -0.05) is 47.6 Å². The molecule has 0 aliphatic rings. The Morgan fingerprint density at radius 2 is 1.80 bits per heavy atom. The third-order valence-corrected chi connectivity index (χ3v) is 4.26. The quantitative estimate of drug-likeness (QED) is 0.497.